The van der Waals surface area contributed by atoms with Gasteiger partial charge in [-0.05, 0) is 31.3 Å². The van der Waals surface area contributed by atoms with Crippen LogP contribution in [0.4, 0.5) is 5.69 Å². The lowest BCUT2D eigenvalue weighted by Crippen LogP contribution is -1.95. The predicted octanol–water partition coefficient (Wildman–Crippen LogP) is 3.10. The van der Waals surface area contributed by atoms with Gasteiger partial charge in [0.1, 0.15) is 0 Å². The maximum absolute atomic E-state index is 4.14. The van der Waals surface area contributed by atoms with Crippen LogP contribution in [0.3, 0.4) is 0 Å². The summed E-state index contributed by atoms with van der Waals surface area (Å²) in [5.74, 6) is 0. The molecule has 0 aliphatic heterocycles. The van der Waals surface area contributed by atoms with E-state index in [1.165, 1.54) is 0 Å². The first-order valence-corrected chi connectivity index (χ1v) is 4.40. The zero-order chi connectivity index (χ0) is 10.6. The van der Waals surface area contributed by atoms with E-state index in [-0.39, 0.29) is 0 Å². The van der Waals surface area contributed by atoms with E-state index in [1.54, 1.807) is 13.1 Å². The summed E-state index contributed by atoms with van der Waals surface area (Å²) >= 11 is 0. The standard InChI is InChI=1S/C12H14N2/c1-5-10-6-7-12(14-4)11(8-10)9(2)13-3/h5-8H,1,4H2,2-3H3. The van der Waals surface area contributed by atoms with Crippen molar-refractivity contribution >= 4 is 24.2 Å². The van der Waals surface area contributed by atoms with E-state index >= 15 is 0 Å². The number of hydrogen-bond acceptors (Lipinski definition) is 2. The first-order valence-electron chi connectivity index (χ1n) is 4.40. The molecule has 2 nitrogen and oxygen atoms in total. The lowest BCUT2D eigenvalue weighted by atomic mass is 10.1. The van der Waals surface area contributed by atoms with E-state index in [9.17, 15) is 0 Å². The molecule has 1 aromatic rings. The van der Waals surface area contributed by atoms with Crippen LogP contribution in [-0.4, -0.2) is 19.5 Å². The highest BCUT2D eigenvalue weighted by Crippen LogP contribution is 2.21. The highest BCUT2D eigenvalue weighted by molar-refractivity contribution is 6.03. The largest absolute Gasteiger partial charge is 0.293 e. The van der Waals surface area contributed by atoms with Gasteiger partial charge in [-0.15, -0.1) is 0 Å². The number of benzene rings is 1. The molecule has 0 unspecified atom stereocenters. The Bertz CT molecular complexity index is 389. The zero-order valence-corrected chi connectivity index (χ0v) is 8.62. The van der Waals surface area contributed by atoms with E-state index in [0.29, 0.717) is 0 Å². The van der Waals surface area contributed by atoms with Crippen molar-refractivity contribution in [2.75, 3.05) is 7.05 Å². The van der Waals surface area contributed by atoms with Crippen molar-refractivity contribution < 1.29 is 0 Å². The molecule has 0 spiro atoms. The van der Waals surface area contributed by atoms with Gasteiger partial charge in [0.15, 0.2) is 0 Å². The average molecular weight is 186 g/mol. The first-order chi connectivity index (χ1) is 6.72. The molecule has 72 valence electrons. The van der Waals surface area contributed by atoms with E-state index in [2.05, 4.69) is 23.3 Å². The summed E-state index contributed by atoms with van der Waals surface area (Å²) in [6, 6.07) is 5.90. The fourth-order valence-corrected chi connectivity index (χ4v) is 1.23. The third-order valence-corrected chi connectivity index (χ3v) is 2.15. The Balaban J connectivity index is 3.35. The molecule has 0 amide bonds. The van der Waals surface area contributed by atoms with Crippen LogP contribution < -0.4 is 0 Å². The van der Waals surface area contributed by atoms with Crippen molar-refractivity contribution in [3.63, 3.8) is 0 Å². The summed E-state index contributed by atoms with van der Waals surface area (Å²) in [5, 5.41) is 0. The molecule has 0 heterocycles. The Morgan fingerprint density at radius 2 is 2.14 bits per heavy atom. The van der Waals surface area contributed by atoms with E-state index in [1.807, 2.05) is 25.1 Å². The van der Waals surface area contributed by atoms with E-state index in [4.69, 9.17) is 0 Å². The summed E-state index contributed by atoms with van der Waals surface area (Å²) in [6.45, 7) is 9.21. The number of rotatable bonds is 3. The smallest absolute Gasteiger partial charge is 0.0713 e. The molecule has 1 aromatic carbocycles. The second-order valence-electron chi connectivity index (χ2n) is 2.95. The van der Waals surface area contributed by atoms with Gasteiger partial charge in [0.2, 0.25) is 0 Å². The Morgan fingerprint density at radius 1 is 1.43 bits per heavy atom. The Labute approximate surface area is 84.7 Å². The molecular formula is C12H14N2. The van der Waals surface area contributed by atoms with Crippen LogP contribution in [0, 0.1) is 0 Å². The van der Waals surface area contributed by atoms with Crippen LogP contribution in [-0.2, 0) is 0 Å². The Hall–Kier alpha value is -1.70. The van der Waals surface area contributed by atoms with Crippen LogP contribution in [0.1, 0.15) is 18.1 Å². The summed E-state index contributed by atoms with van der Waals surface area (Å²) in [4.78, 5) is 8.09. The van der Waals surface area contributed by atoms with Crippen molar-refractivity contribution in [3.05, 3.63) is 35.9 Å². The summed E-state index contributed by atoms with van der Waals surface area (Å²) in [7, 11) is 1.77. The summed E-state index contributed by atoms with van der Waals surface area (Å²) in [6.07, 6.45) is 1.80. The van der Waals surface area contributed by atoms with E-state index < -0.39 is 0 Å². The van der Waals surface area contributed by atoms with Gasteiger partial charge in [-0.3, -0.25) is 9.98 Å². The van der Waals surface area contributed by atoms with Gasteiger partial charge in [-0.2, -0.15) is 0 Å². The van der Waals surface area contributed by atoms with Crippen LogP contribution in [0.5, 0.6) is 0 Å². The fraction of sp³-hybridized carbons (Fsp3) is 0.167. The minimum atomic E-state index is 0.860. The van der Waals surface area contributed by atoms with Crippen molar-refractivity contribution in [1.29, 1.82) is 0 Å². The van der Waals surface area contributed by atoms with Crippen LogP contribution in [0.2, 0.25) is 0 Å². The molecule has 0 radical (unpaired) electrons. The minimum absolute atomic E-state index is 0.860. The summed E-state index contributed by atoms with van der Waals surface area (Å²) < 4.78 is 0. The third-order valence-electron chi connectivity index (χ3n) is 2.15. The van der Waals surface area contributed by atoms with Gasteiger partial charge in [-0.25, -0.2) is 0 Å². The van der Waals surface area contributed by atoms with Gasteiger partial charge < -0.3 is 0 Å². The molecule has 2 heteroatoms. The summed E-state index contributed by atoms with van der Waals surface area (Å²) in [5.41, 5.74) is 3.89. The molecule has 0 bridgehead atoms. The molecular weight excluding hydrogens is 172 g/mol. The minimum Gasteiger partial charge on any atom is -0.293 e. The van der Waals surface area contributed by atoms with Gasteiger partial charge in [-0.1, -0.05) is 18.7 Å². The van der Waals surface area contributed by atoms with Crippen molar-refractivity contribution in [1.82, 2.24) is 0 Å². The number of hydrogen-bond donors (Lipinski definition) is 0. The first kappa shape index (κ1) is 10.4. The third kappa shape index (κ3) is 1.96. The molecule has 0 fully saturated rings. The molecule has 0 saturated carbocycles. The molecule has 14 heavy (non-hydrogen) atoms. The molecule has 0 N–H and O–H groups in total. The van der Waals surface area contributed by atoms with Crippen LogP contribution in [0.15, 0.2) is 34.8 Å². The van der Waals surface area contributed by atoms with Crippen LogP contribution >= 0.6 is 0 Å². The molecule has 0 aliphatic carbocycles. The van der Waals surface area contributed by atoms with Gasteiger partial charge in [0.05, 0.1) is 5.69 Å². The topological polar surface area (TPSA) is 24.7 Å². The van der Waals surface area contributed by atoms with Crippen molar-refractivity contribution in [2.24, 2.45) is 9.98 Å². The molecule has 0 aromatic heterocycles. The lowest BCUT2D eigenvalue weighted by molar-refractivity contribution is 1.39. The maximum Gasteiger partial charge on any atom is 0.0713 e. The normalized spacial score (nSPS) is 11.1. The lowest BCUT2D eigenvalue weighted by Gasteiger charge is -2.05. The van der Waals surface area contributed by atoms with E-state index in [0.717, 1.165) is 22.5 Å². The van der Waals surface area contributed by atoms with Crippen molar-refractivity contribution in [2.45, 2.75) is 6.92 Å². The second-order valence-corrected chi connectivity index (χ2v) is 2.95. The quantitative estimate of drug-likeness (QED) is 0.648. The molecule has 0 atom stereocenters. The highest BCUT2D eigenvalue weighted by atomic mass is 14.7. The second kappa shape index (κ2) is 4.51. The Morgan fingerprint density at radius 3 is 2.64 bits per heavy atom. The molecule has 0 saturated heterocycles. The van der Waals surface area contributed by atoms with Gasteiger partial charge in [0, 0.05) is 18.3 Å². The fourth-order valence-electron chi connectivity index (χ4n) is 1.23. The highest BCUT2D eigenvalue weighted by Gasteiger charge is 2.03. The SMILES string of the molecule is C=Cc1ccc(N=C)c(C(C)=NC)c1. The monoisotopic (exact) mass is 186 g/mol. The number of nitrogens with zero attached hydrogens (tertiary/aromatic N) is 2. The maximum atomic E-state index is 4.14. The number of aliphatic imine (C=N–C) groups is 2. The van der Waals surface area contributed by atoms with Gasteiger partial charge >= 0.3 is 0 Å². The zero-order valence-electron chi connectivity index (χ0n) is 8.62. The van der Waals surface area contributed by atoms with Crippen molar-refractivity contribution in [3.8, 4) is 0 Å². The Kier molecular flexibility index (Phi) is 3.35. The molecule has 1 rings (SSSR count). The molecule has 0 aliphatic rings. The predicted molar refractivity (Wildman–Crippen MR) is 63.9 cm³/mol. The van der Waals surface area contributed by atoms with Crippen LogP contribution in [0.25, 0.3) is 6.08 Å². The van der Waals surface area contributed by atoms with Gasteiger partial charge in [0.25, 0.3) is 0 Å². The average Bonchev–Trinajstić information content (AvgIpc) is 2.27.